The van der Waals surface area contributed by atoms with E-state index in [9.17, 15) is 8.42 Å². The Bertz CT molecular complexity index is 205. The normalized spacial score (nSPS) is 41.1. The molecule has 1 atom stereocenters. The van der Waals surface area contributed by atoms with Crippen molar-refractivity contribution in [2.24, 2.45) is 5.73 Å². The fourth-order valence-electron chi connectivity index (χ4n) is 1.00. The van der Waals surface area contributed by atoms with E-state index in [0.717, 1.165) is 6.42 Å². The fourth-order valence-corrected chi connectivity index (χ4v) is 2.45. The van der Waals surface area contributed by atoms with Crippen LogP contribution in [0.5, 0.6) is 0 Å². The molecule has 0 spiro atoms. The average molecular weight is 149 g/mol. The van der Waals surface area contributed by atoms with Gasteiger partial charge in [0.1, 0.15) is 4.87 Å². The number of nitrogens with two attached hydrogens (primary N) is 1. The molecule has 0 aromatic carbocycles. The van der Waals surface area contributed by atoms with Crippen LogP contribution in [0.2, 0.25) is 0 Å². The molecule has 0 amide bonds. The lowest BCUT2D eigenvalue weighted by atomic mass is 10.2. The maximum Gasteiger partial charge on any atom is 0.168 e. The van der Waals surface area contributed by atoms with Gasteiger partial charge in [0.25, 0.3) is 0 Å². The van der Waals surface area contributed by atoms with E-state index in [0.29, 0.717) is 6.42 Å². The van der Waals surface area contributed by atoms with E-state index in [1.807, 2.05) is 0 Å². The highest BCUT2D eigenvalue weighted by Gasteiger charge is 2.39. The van der Waals surface area contributed by atoms with Crippen LogP contribution in [0.4, 0.5) is 0 Å². The summed E-state index contributed by atoms with van der Waals surface area (Å²) in [5, 5.41) is 0. The number of hydrogen-bond donors (Lipinski definition) is 1. The molecular formula is C5H11NO2S. The quantitative estimate of drug-likeness (QED) is 0.522. The van der Waals surface area contributed by atoms with E-state index in [-0.39, 0.29) is 5.75 Å². The van der Waals surface area contributed by atoms with Crippen molar-refractivity contribution in [2.45, 2.75) is 24.6 Å². The lowest BCUT2D eigenvalue weighted by Crippen LogP contribution is -2.40. The zero-order valence-electron chi connectivity index (χ0n) is 5.42. The zero-order chi connectivity index (χ0) is 7.12. The third-order valence-corrected chi connectivity index (χ3v) is 4.25. The molecule has 9 heavy (non-hydrogen) atoms. The van der Waals surface area contributed by atoms with Crippen LogP contribution in [0.3, 0.4) is 0 Å². The Morgan fingerprint density at radius 3 is 2.22 bits per heavy atom. The van der Waals surface area contributed by atoms with Gasteiger partial charge in [-0.3, -0.25) is 0 Å². The second-order valence-corrected chi connectivity index (χ2v) is 5.31. The van der Waals surface area contributed by atoms with Gasteiger partial charge in [-0.2, -0.15) is 0 Å². The summed E-state index contributed by atoms with van der Waals surface area (Å²) in [5.41, 5.74) is 5.47. The third kappa shape index (κ3) is 0.966. The number of rotatable bonds is 0. The second-order valence-electron chi connectivity index (χ2n) is 2.74. The lowest BCUT2D eigenvalue weighted by molar-refractivity contribution is 0.546. The second kappa shape index (κ2) is 1.70. The average Bonchev–Trinajstić information content (AvgIpc) is 1.81. The number of sulfone groups is 1. The number of hydrogen-bond acceptors (Lipinski definition) is 3. The van der Waals surface area contributed by atoms with E-state index in [4.69, 9.17) is 5.73 Å². The minimum Gasteiger partial charge on any atom is -0.313 e. The molecule has 1 aliphatic rings. The van der Waals surface area contributed by atoms with Crippen LogP contribution in [0.1, 0.15) is 19.8 Å². The molecule has 3 nitrogen and oxygen atoms in total. The van der Waals surface area contributed by atoms with E-state index < -0.39 is 14.7 Å². The minimum absolute atomic E-state index is 0.264. The molecule has 1 fully saturated rings. The van der Waals surface area contributed by atoms with Gasteiger partial charge >= 0.3 is 0 Å². The first-order chi connectivity index (χ1) is 3.96. The van der Waals surface area contributed by atoms with E-state index in [1.54, 1.807) is 6.92 Å². The summed E-state index contributed by atoms with van der Waals surface area (Å²) in [5.74, 6) is 0.264. The van der Waals surface area contributed by atoms with Crippen molar-refractivity contribution < 1.29 is 8.42 Å². The van der Waals surface area contributed by atoms with Crippen molar-refractivity contribution in [2.75, 3.05) is 5.75 Å². The van der Waals surface area contributed by atoms with Crippen LogP contribution in [0, 0.1) is 0 Å². The highest BCUT2D eigenvalue weighted by atomic mass is 32.2. The van der Waals surface area contributed by atoms with Crippen LogP contribution < -0.4 is 5.73 Å². The molecule has 0 saturated carbocycles. The molecule has 54 valence electrons. The topological polar surface area (TPSA) is 60.2 Å². The summed E-state index contributed by atoms with van der Waals surface area (Å²) in [7, 11) is -2.95. The largest absolute Gasteiger partial charge is 0.313 e. The first-order valence-electron chi connectivity index (χ1n) is 2.97. The highest BCUT2D eigenvalue weighted by molar-refractivity contribution is 7.92. The maximum atomic E-state index is 11.0. The lowest BCUT2D eigenvalue weighted by Gasteiger charge is -2.14. The van der Waals surface area contributed by atoms with Gasteiger partial charge < -0.3 is 5.73 Å². The zero-order valence-corrected chi connectivity index (χ0v) is 6.24. The van der Waals surface area contributed by atoms with E-state index in [1.165, 1.54) is 0 Å². The third-order valence-electron chi connectivity index (χ3n) is 1.80. The Labute approximate surface area is 55.2 Å². The summed E-state index contributed by atoms with van der Waals surface area (Å²) in [4.78, 5) is -0.938. The van der Waals surface area contributed by atoms with Crippen LogP contribution in [0.25, 0.3) is 0 Å². The molecule has 0 aliphatic carbocycles. The summed E-state index contributed by atoms with van der Waals surface area (Å²) >= 11 is 0. The Balaban J connectivity index is 3.03. The molecular weight excluding hydrogens is 138 g/mol. The minimum atomic E-state index is -2.95. The molecule has 1 unspecified atom stereocenters. The predicted octanol–water partition coefficient (Wildman–Crippen LogP) is -0.130. The maximum absolute atomic E-state index is 11.0. The molecule has 1 aliphatic heterocycles. The molecule has 1 saturated heterocycles. The highest BCUT2D eigenvalue weighted by Crippen LogP contribution is 2.25. The summed E-state index contributed by atoms with van der Waals surface area (Å²) in [6.07, 6.45) is 1.32. The van der Waals surface area contributed by atoms with Gasteiger partial charge in [-0.1, -0.05) is 0 Å². The van der Waals surface area contributed by atoms with Crippen molar-refractivity contribution in [3.05, 3.63) is 0 Å². The van der Waals surface area contributed by atoms with Crippen molar-refractivity contribution in [1.82, 2.24) is 0 Å². The van der Waals surface area contributed by atoms with Gasteiger partial charge in [0.15, 0.2) is 9.84 Å². The molecule has 2 N–H and O–H groups in total. The Morgan fingerprint density at radius 2 is 2.11 bits per heavy atom. The van der Waals surface area contributed by atoms with Gasteiger partial charge in [0.2, 0.25) is 0 Å². The summed E-state index contributed by atoms with van der Waals surface area (Å²) in [6, 6.07) is 0. The van der Waals surface area contributed by atoms with Gasteiger partial charge in [-0.25, -0.2) is 8.42 Å². The SMILES string of the molecule is CC1(N)CCCS1(=O)=O. The molecule has 1 heterocycles. The first-order valence-corrected chi connectivity index (χ1v) is 4.62. The summed E-state index contributed by atoms with van der Waals surface area (Å²) < 4.78 is 21.9. The van der Waals surface area contributed by atoms with Crippen LogP contribution >= 0.6 is 0 Å². The van der Waals surface area contributed by atoms with Crippen molar-refractivity contribution >= 4 is 9.84 Å². The molecule has 0 aromatic heterocycles. The summed E-state index contributed by atoms with van der Waals surface area (Å²) in [6.45, 7) is 1.58. The monoisotopic (exact) mass is 149 g/mol. The Morgan fingerprint density at radius 1 is 1.56 bits per heavy atom. The Hall–Kier alpha value is -0.0900. The predicted molar refractivity (Wildman–Crippen MR) is 35.6 cm³/mol. The Kier molecular flexibility index (Phi) is 1.33. The van der Waals surface area contributed by atoms with Gasteiger partial charge in [-0.15, -0.1) is 0 Å². The van der Waals surface area contributed by atoms with Crippen LogP contribution in [-0.4, -0.2) is 19.0 Å². The van der Waals surface area contributed by atoms with Crippen LogP contribution in [-0.2, 0) is 9.84 Å². The van der Waals surface area contributed by atoms with Crippen molar-refractivity contribution in [3.8, 4) is 0 Å². The van der Waals surface area contributed by atoms with Crippen molar-refractivity contribution in [3.63, 3.8) is 0 Å². The van der Waals surface area contributed by atoms with E-state index in [2.05, 4.69) is 0 Å². The van der Waals surface area contributed by atoms with Gasteiger partial charge in [0.05, 0.1) is 5.75 Å². The van der Waals surface area contributed by atoms with Crippen LogP contribution in [0.15, 0.2) is 0 Å². The smallest absolute Gasteiger partial charge is 0.168 e. The van der Waals surface area contributed by atoms with Gasteiger partial charge in [0, 0.05) is 0 Å². The van der Waals surface area contributed by atoms with Gasteiger partial charge in [-0.05, 0) is 19.8 Å². The standard InChI is InChI=1S/C5H11NO2S/c1-5(6)3-2-4-9(5,7)8/h2-4,6H2,1H3. The molecule has 4 heteroatoms. The molecule has 0 radical (unpaired) electrons. The van der Waals surface area contributed by atoms with Crippen molar-refractivity contribution in [1.29, 1.82) is 0 Å². The first kappa shape index (κ1) is 7.02. The fraction of sp³-hybridized carbons (Fsp3) is 1.00. The molecule has 1 rings (SSSR count). The molecule has 0 bridgehead atoms. The van der Waals surface area contributed by atoms with E-state index >= 15 is 0 Å². The molecule has 0 aromatic rings.